The maximum Gasteiger partial charge on any atom is 0.269 e. The van der Waals surface area contributed by atoms with Crippen molar-refractivity contribution >= 4 is 17.5 Å². The molecule has 0 saturated carbocycles. The molecule has 0 fully saturated rings. The van der Waals surface area contributed by atoms with Gasteiger partial charge in [0.2, 0.25) is 0 Å². The summed E-state index contributed by atoms with van der Waals surface area (Å²) in [6.45, 7) is 2.98. The number of hydrogen-bond donors (Lipinski definition) is 0. The van der Waals surface area contributed by atoms with E-state index >= 15 is 0 Å². The summed E-state index contributed by atoms with van der Waals surface area (Å²) in [6, 6.07) is 13.3. The lowest BCUT2D eigenvalue weighted by Gasteiger charge is -2.07. The highest BCUT2D eigenvalue weighted by Crippen LogP contribution is 2.17. The zero-order valence-electron chi connectivity index (χ0n) is 23.4. The van der Waals surface area contributed by atoms with Crippen LogP contribution in [0.25, 0.3) is 6.08 Å². The Bertz CT molecular complexity index is 934. The Balaban J connectivity index is 1.46. The normalized spacial score (nSPS) is 11.2. The van der Waals surface area contributed by atoms with E-state index in [4.69, 9.17) is 4.74 Å². The van der Waals surface area contributed by atoms with Gasteiger partial charge >= 0.3 is 0 Å². The van der Waals surface area contributed by atoms with E-state index < -0.39 is 4.92 Å². The van der Waals surface area contributed by atoms with Crippen LogP contribution < -0.4 is 4.74 Å². The SMILES string of the molecule is CCCCCCCCCCCCCCCCCCOc1ccc(C(=O)/C=C/c2ccc([N+](=O)[O-])cc2)cc1. The summed E-state index contributed by atoms with van der Waals surface area (Å²) in [5.74, 6) is 0.662. The molecule has 0 aliphatic heterocycles. The smallest absolute Gasteiger partial charge is 0.269 e. The summed E-state index contributed by atoms with van der Waals surface area (Å²) in [4.78, 5) is 22.7. The number of ketones is 1. The fourth-order valence-electron chi connectivity index (χ4n) is 4.53. The van der Waals surface area contributed by atoms with Crippen molar-refractivity contribution in [2.75, 3.05) is 6.61 Å². The number of carbonyl (C=O) groups excluding carboxylic acids is 1. The van der Waals surface area contributed by atoms with Crippen molar-refractivity contribution in [2.45, 2.75) is 110 Å². The second-order valence-corrected chi connectivity index (χ2v) is 10.2. The number of rotatable bonds is 22. The molecule has 0 aromatic heterocycles. The molecule has 0 unspecified atom stereocenters. The lowest BCUT2D eigenvalue weighted by molar-refractivity contribution is -0.384. The van der Waals surface area contributed by atoms with Gasteiger partial charge < -0.3 is 4.74 Å². The number of non-ortho nitro benzene ring substituents is 1. The lowest BCUT2D eigenvalue weighted by atomic mass is 10.0. The second kappa shape index (κ2) is 20.1. The molecule has 38 heavy (non-hydrogen) atoms. The molecule has 0 atom stereocenters. The summed E-state index contributed by atoms with van der Waals surface area (Å²) in [7, 11) is 0. The van der Waals surface area contributed by atoms with Gasteiger partial charge in [0.25, 0.3) is 5.69 Å². The number of nitro benzene ring substituents is 1. The molecular weight excluding hydrogens is 474 g/mol. The highest BCUT2D eigenvalue weighted by molar-refractivity contribution is 6.06. The van der Waals surface area contributed by atoms with Crippen molar-refractivity contribution in [1.82, 2.24) is 0 Å². The van der Waals surface area contributed by atoms with Crippen molar-refractivity contribution in [3.63, 3.8) is 0 Å². The predicted octanol–water partition coefficient (Wildman–Crippen LogP) is 10.1. The maximum absolute atomic E-state index is 12.4. The zero-order valence-corrected chi connectivity index (χ0v) is 23.4. The third-order valence-corrected chi connectivity index (χ3v) is 6.94. The van der Waals surface area contributed by atoms with Crippen LogP contribution in [0.3, 0.4) is 0 Å². The molecule has 0 bridgehead atoms. The van der Waals surface area contributed by atoms with Crippen LogP contribution in [0.15, 0.2) is 54.6 Å². The van der Waals surface area contributed by atoms with Gasteiger partial charge in [0.15, 0.2) is 5.78 Å². The molecule has 0 N–H and O–H groups in total. The van der Waals surface area contributed by atoms with E-state index in [0.29, 0.717) is 12.2 Å². The molecule has 0 spiro atoms. The summed E-state index contributed by atoms with van der Waals surface area (Å²) in [6.07, 6.45) is 24.8. The minimum atomic E-state index is -0.442. The molecule has 2 aromatic carbocycles. The van der Waals surface area contributed by atoms with Gasteiger partial charge in [0.1, 0.15) is 5.75 Å². The molecule has 0 heterocycles. The maximum atomic E-state index is 12.4. The minimum absolute atomic E-state index is 0.0312. The average molecular weight is 522 g/mol. The first-order valence-corrected chi connectivity index (χ1v) is 14.8. The number of carbonyl (C=O) groups is 1. The van der Waals surface area contributed by atoms with Crippen molar-refractivity contribution in [3.05, 3.63) is 75.8 Å². The molecule has 2 aromatic rings. The van der Waals surface area contributed by atoms with Gasteiger partial charge in [-0.2, -0.15) is 0 Å². The van der Waals surface area contributed by atoms with Crippen LogP contribution in [0.5, 0.6) is 5.75 Å². The number of allylic oxidation sites excluding steroid dienone is 1. The highest BCUT2D eigenvalue weighted by atomic mass is 16.6. The highest BCUT2D eigenvalue weighted by Gasteiger charge is 2.05. The Kier molecular flexibility index (Phi) is 16.5. The van der Waals surface area contributed by atoms with Crippen molar-refractivity contribution in [3.8, 4) is 5.75 Å². The summed E-state index contributed by atoms with van der Waals surface area (Å²) in [5, 5.41) is 10.7. The van der Waals surface area contributed by atoms with Crippen molar-refractivity contribution in [2.24, 2.45) is 0 Å². The first-order chi connectivity index (χ1) is 18.6. The molecule has 0 radical (unpaired) electrons. The van der Waals surface area contributed by atoms with Crippen LogP contribution in [0.2, 0.25) is 0 Å². The quantitative estimate of drug-likeness (QED) is 0.0508. The van der Waals surface area contributed by atoms with Gasteiger partial charge in [0, 0.05) is 17.7 Å². The molecule has 5 heteroatoms. The van der Waals surface area contributed by atoms with Gasteiger partial charge in [-0.1, -0.05) is 109 Å². The summed E-state index contributed by atoms with van der Waals surface area (Å²) < 4.78 is 5.84. The number of nitrogens with zero attached hydrogens (tertiary/aromatic N) is 1. The Morgan fingerprint density at radius 2 is 1.18 bits per heavy atom. The molecule has 0 saturated heterocycles. The van der Waals surface area contributed by atoms with Crippen LogP contribution in [0, 0.1) is 10.1 Å². The van der Waals surface area contributed by atoms with E-state index in [9.17, 15) is 14.9 Å². The Morgan fingerprint density at radius 3 is 1.66 bits per heavy atom. The molecule has 0 amide bonds. The molecule has 0 aliphatic carbocycles. The summed E-state index contributed by atoms with van der Waals surface area (Å²) >= 11 is 0. The Labute approximate surface area is 229 Å². The number of nitro groups is 1. The van der Waals surface area contributed by atoms with Crippen LogP contribution in [-0.4, -0.2) is 17.3 Å². The molecule has 5 nitrogen and oxygen atoms in total. The molecule has 208 valence electrons. The third kappa shape index (κ3) is 14.1. The number of hydrogen-bond acceptors (Lipinski definition) is 4. The molecule has 2 rings (SSSR count). The molecule has 0 aliphatic rings. The first-order valence-electron chi connectivity index (χ1n) is 14.8. The van der Waals surface area contributed by atoms with E-state index in [1.807, 2.05) is 12.1 Å². The third-order valence-electron chi connectivity index (χ3n) is 6.94. The van der Waals surface area contributed by atoms with E-state index in [1.54, 1.807) is 30.3 Å². The predicted molar refractivity (Wildman–Crippen MR) is 158 cm³/mol. The van der Waals surface area contributed by atoms with Gasteiger partial charge in [0.05, 0.1) is 11.5 Å². The lowest BCUT2D eigenvalue weighted by Crippen LogP contribution is -1.99. The number of benzene rings is 2. The van der Waals surface area contributed by atoms with E-state index in [-0.39, 0.29) is 11.5 Å². The van der Waals surface area contributed by atoms with Crippen LogP contribution in [0.1, 0.15) is 126 Å². The zero-order chi connectivity index (χ0) is 27.3. The molecular formula is C33H47NO4. The fourth-order valence-corrected chi connectivity index (χ4v) is 4.53. The van der Waals surface area contributed by atoms with Gasteiger partial charge in [-0.3, -0.25) is 14.9 Å². The standard InChI is InChI=1S/C33H47NO4/c1-2-3-4-5-6-7-8-9-10-11-12-13-14-15-16-17-28-38-32-25-21-30(22-26-32)33(35)27-20-29-18-23-31(24-19-29)34(36)37/h18-27H,2-17,28H2,1H3/b27-20+. The number of ether oxygens (including phenoxy) is 1. The van der Waals surface area contributed by atoms with E-state index in [0.717, 1.165) is 17.7 Å². The van der Waals surface area contributed by atoms with E-state index in [2.05, 4.69) is 6.92 Å². The Morgan fingerprint density at radius 1 is 0.711 bits per heavy atom. The topological polar surface area (TPSA) is 69.4 Å². The van der Waals surface area contributed by atoms with Crippen molar-refractivity contribution < 1.29 is 14.5 Å². The van der Waals surface area contributed by atoms with Gasteiger partial charge in [-0.05, 0) is 54.5 Å². The fraction of sp³-hybridized carbons (Fsp3) is 0.545. The minimum Gasteiger partial charge on any atom is -0.494 e. The van der Waals surface area contributed by atoms with Crippen molar-refractivity contribution in [1.29, 1.82) is 0 Å². The van der Waals surface area contributed by atoms with Gasteiger partial charge in [-0.15, -0.1) is 0 Å². The Hall–Kier alpha value is -2.95. The summed E-state index contributed by atoms with van der Waals surface area (Å²) in [5.41, 5.74) is 1.35. The second-order valence-electron chi connectivity index (χ2n) is 10.2. The number of unbranched alkanes of at least 4 members (excludes halogenated alkanes) is 15. The van der Waals surface area contributed by atoms with E-state index in [1.165, 1.54) is 115 Å². The van der Waals surface area contributed by atoms with Crippen LogP contribution in [-0.2, 0) is 0 Å². The van der Waals surface area contributed by atoms with Crippen LogP contribution >= 0.6 is 0 Å². The first kappa shape index (κ1) is 31.3. The monoisotopic (exact) mass is 521 g/mol. The van der Waals surface area contributed by atoms with Gasteiger partial charge in [-0.25, -0.2) is 0 Å². The average Bonchev–Trinajstić information content (AvgIpc) is 2.94. The largest absolute Gasteiger partial charge is 0.494 e. The van der Waals surface area contributed by atoms with Crippen LogP contribution in [0.4, 0.5) is 5.69 Å².